The molecule has 3 rings (SSSR count). The van der Waals surface area contributed by atoms with Crippen molar-refractivity contribution in [2.75, 3.05) is 6.61 Å². The van der Waals surface area contributed by atoms with Crippen LogP contribution in [0.5, 0.6) is 5.75 Å². The van der Waals surface area contributed by atoms with Gasteiger partial charge in [-0.2, -0.15) is 0 Å². The van der Waals surface area contributed by atoms with Crippen molar-refractivity contribution in [1.29, 1.82) is 0 Å². The van der Waals surface area contributed by atoms with Gasteiger partial charge in [0.25, 0.3) is 0 Å². The molecule has 2 heterocycles. The predicted molar refractivity (Wildman–Crippen MR) is 82.6 cm³/mol. The Labute approximate surface area is 121 Å². The summed E-state index contributed by atoms with van der Waals surface area (Å²) >= 11 is 0. The SMILES string of the molecule is CCCCCC(C)c1cc2c3c(ccc2o1)OCCC3. The Bertz CT molecular complexity index is 582. The highest BCUT2D eigenvalue weighted by Gasteiger charge is 2.18. The van der Waals surface area contributed by atoms with Crippen molar-refractivity contribution < 1.29 is 9.15 Å². The maximum absolute atomic E-state index is 6.07. The van der Waals surface area contributed by atoms with Crippen molar-refractivity contribution in [3.63, 3.8) is 0 Å². The lowest BCUT2D eigenvalue weighted by molar-refractivity contribution is 0.289. The molecule has 0 N–H and O–H groups in total. The molecule has 0 fully saturated rings. The number of ether oxygens (including phenoxy) is 1. The lowest BCUT2D eigenvalue weighted by Crippen LogP contribution is -2.08. The van der Waals surface area contributed by atoms with Gasteiger partial charge in [0.05, 0.1) is 6.61 Å². The second kappa shape index (κ2) is 5.90. The Kier molecular flexibility index (Phi) is 4.00. The van der Waals surface area contributed by atoms with Gasteiger partial charge in [-0.1, -0.05) is 33.1 Å². The third-order valence-corrected chi connectivity index (χ3v) is 4.34. The number of furan rings is 1. The van der Waals surface area contributed by atoms with Crippen molar-refractivity contribution in [1.82, 2.24) is 0 Å². The Morgan fingerprint density at radius 2 is 2.15 bits per heavy atom. The fourth-order valence-electron chi connectivity index (χ4n) is 3.08. The van der Waals surface area contributed by atoms with Crippen LogP contribution in [0.3, 0.4) is 0 Å². The molecule has 0 spiro atoms. The van der Waals surface area contributed by atoms with E-state index in [9.17, 15) is 0 Å². The summed E-state index contributed by atoms with van der Waals surface area (Å²) < 4.78 is 11.8. The molecule has 1 aromatic carbocycles. The number of rotatable bonds is 5. The van der Waals surface area contributed by atoms with Gasteiger partial charge in [-0.3, -0.25) is 0 Å². The molecule has 2 nitrogen and oxygen atoms in total. The topological polar surface area (TPSA) is 22.4 Å². The molecule has 0 bridgehead atoms. The molecule has 2 heteroatoms. The monoisotopic (exact) mass is 272 g/mol. The second-order valence-corrected chi connectivity index (χ2v) is 5.95. The summed E-state index contributed by atoms with van der Waals surface area (Å²) in [6.45, 7) is 5.37. The Morgan fingerprint density at radius 3 is 3.00 bits per heavy atom. The molecule has 108 valence electrons. The second-order valence-electron chi connectivity index (χ2n) is 5.95. The summed E-state index contributed by atoms with van der Waals surface area (Å²) in [7, 11) is 0. The number of hydrogen-bond acceptors (Lipinski definition) is 2. The lowest BCUT2D eigenvalue weighted by atomic mass is 9.98. The standard InChI is InChI=1S/C18H24O2/c1-3-4-5-7-13(2)18-12-15-14-8-6-11-19-16(14)9-10-17(15)20-18/h9-10,12-13H,3-8,11H2,1-2H3. The van der Waals surface area contributed by atoms with Gasteiger partial charge in [0.1, 0.15) is 17.1 Å². The molecule has 2 aromatic rings. The average molecular weight is 272 g/mol. The van der Waals surface area contributed by atoms with Gasteiger partial charge < -0.3 is 9.15 Å². The molecular weight excluding hydrogens is 248 g/mol. The molecule has 1 aromatic heterocycles. The Morgan fingerprint density at radius 1 is 1.25 bits per heavy atom. The molecule has 1 aliphatic rings. The van der Waals surface area contributed by atoms with Crippen LogP contribution in [0.4, 0.5) is 0 Å². The summed E-state index contributed by atoms with van der Waals surface area (Å²) in [5.74, 6) is 2.69. The summed E-state index contributed by atoms with van der Waals surface area (Å²) in [5.41, 5.74) is 2.36. The van der Waals surface area contributed by atoms with Crippen molar-refractivity contribution >= 4 is 11.0 Å². The molecule has 20 heavy (non-hydrogen) atoms. The summed E-state index contributed by atoms with van der Waals surface area (Å²) in [6, 6.07) is 6.37. The van der Waals surface area contributed by atoms with Crippen LogP contribution in [0.15, 0.2) is 22.6 Å². The Hall–Kier alpha value is -1.44. The van der Waals surface area contributed by atoms with E-state index in [0.29, 0.717) is 5.92 Å². The van der Waals surface area contributed by atoms with Crippen molar-refractivity contribution in [3.8, 4) is 5.75 Å². The zero-order valence-corrected chi connectivity index (χ0v) is 12.6. The van der Waals surface area contributed by atoms with Crippen LogP contribution in [0.25, 0.3) is 11.0 Å². The zero-order valence-electron chi connectivity index (χ0n) is 12.6. The lowest BCUT2D eigenvalue weighted by Gasteiger charge is -2.17. The van der Waals surface area contributed by atoms with Gasteiger partial charge >= 0.3 is 0 Å². The normalized spacial score (nSPS) is 15.9. The molecule has 1 unspecified atom stereocenters. The summed E-state index contributed by atoms with van der Waals surface area (Å²) in [5, 5.41) is 1.26. The fraction of sp³-hybridized carbons (Fsp3) is 0.556. The van der Waals surface area contributed by atoms with E-state index in [4.69, 9.17) is 9.15 Å². The van der Waals surface area contributed by atoms with E-state index in [0.717, 1.165) is 36.5 Å². The highest BCUT2D eigenvalue weighted by molar-refractivity contribution is 5.84. The highest BCUT2D eigenvalue weighted by atomic mass is 16.5. The minimum atomic E-state index is 0.508. The maximum atomic E-state index is 6.07. The summed E-state index contributed by atoms with van der Waals surface area (Å²) in [4.78, 5) is 0. The average Bonchev–Trinajstić information content (AvgIpc) is 2.92. The van der Waals surface area contributed by atoms with E-state index in [1.807, 2.05) is 0 Å². The van der Waals surface area contributed by atoms with Gasteiger partial charge in [0.2, 0.25) is 0 Å². The first kappa shape index (κ1) is 13.5. The quantitative estimate of drug-likeness (QED) is 0.676. The molecular formula is C18H24O2. The maximum Gasteiger partial charge on any atom is 0.134 e. The number of fused-ring (bicyclic) bond motifs is 3. The largest absolute Gasteiger partial charge is 0.493 e. The van der Waals surface area contributed by atoms with Crippen molar-refractivity contribution in [2.24, 2.45) is 0 Å². The van der Waals surface area contributed by atoms with E-state index in [2.05, 4.69) is 32.0 Å². The van der Waals surface area contributed by atoms with Crippen LogP contribution in [-0.4, -0.2) is 6.61 Å². The van der Waals surface area contributed by atoms with E-state index in [1.54, 1.807) is 0 Å². The molecule has 1 atom stereocenters. The first-order valence-corrected chi connectivity index (χ1v) is 7.97. The molecule has 0 saturated carbocycles. The number of benzene rings is 1. The number of unbranched alkanes of at least 4 members (excludes halogenated alkanes) is 2. The minimum absolute atomic E-state index is 0.508. The smallest absolute Gasteiger partial charge is 0.134 e. The molecule has 0 saturated heterocycles. The van der Waals surface area contributed by atoms with Crippen LogP contribution in [0.2, 0.25) is 0 Å². The predicted octanol–water partition coefficient (Wildman–Crippen LogP) is 5.44. The highest BCUT2D eigenvalue weighted by Crippen LogP contribution is 2.36. The van der Waals surface area contributed by atoms with Crippen molar-refractivity contribution in [2.45, 2.75) is 58.3 Å². The Balaban J connectivity index is 1.86. The molecule has 0 aliphatic carbocycles. The van der Waals surface area contributed by atoms with E-state index in [-0.39, 0.29) is 0 Å². The third kappa shape index (κ3) is 2.56. The van der Waals surface area contributed by atoms with Crippen LogP contribution in [-0.2, 0) is 6.42 Å². The molecule has 1 aliphatic heterocycles. The zero-order chi connectivity index (χ0) is 13.9. The van der Waals surface area contributed by atoms with Gasteiger partial charge in [-0.15, -0.1) is 0 Å². The van der Waals surface area contributed by atoms with E-state index >= 15 is 0 Å². The van der Waals surface area contributed by atoms with Crippen molar-refractivity contribution in [3.05, 3.63) is 29.5 Å². The first-order valence-electron chi connectivity index (χ1n) is 7.97. The van der Waals surface area contributed by atoms with Gasteiger partial charge in [0, 0.05) is 16.9 Å². The fourth-order valence-corrected chi connectivity index (χ4v) is 3.08. The number of hydrogen-bond donors (Lipinski definition) is 0. The molecule has 0 radical (unpaired) electrons. The van der Waals surface area contributed by atoms with Crippen LogP contribution >= 0.6 is 0 Å². The van der Waals surface area contributed by atoms with Crippen LogP contribution in [0, 0.1) is 0 Å². The number of aryl methyl sites for hydroxylation is 1. The van der Waals surface area contributed by atoms with Gasteiger partial charge in [-0.05, 0) is 37.5 Å². The van der Waals surface area contributed by atoms with E-state index in [1.165, 1.54) is 36.6 Å². The van der Waals surface area contributed by atoms with Crippen LogP contribution in [0.1, 0.15) is 63.2 Å². The van der Waals surface area contributed by atoms with Gasteiger partial charge in [0.15, 0.2) is 0 Å². The van der Waals surface area contributed by atoms with Gasteiger partial charge in [-0.25, -0.2) is 0 Å². The third-order valence-electron chi connectivity index (χ3n) is 4.34. The first-order chi connectivity index (χ1) is 9.79. The minimum Gasteiger partial charge on any atom is -0.493 e. The molecule has 0 amide bonds. The summed E-state index contributed by atoms with van der Waals surface area (Å²) in [6.07, 6.45) is 7.31. The van der Waals surface area contributed by atoms with Crippen LogP contribution < -0.4 is 4.74 Å². The van der Waals surface area contributed by atoms with E-state index < -0.39 is 0 Å².